The summed E-state index contributed by atoms with van der Waals surface area (Å²) < 4.78 is 5.48. The van der Waals surface area contributed by atoms with E-state index in [1.165, 1.54) is 12.8 Å². The van der Waals surface area contributed by atoms with E-state index in [2.05, 4.69) is 5.32 Å². The predicted molar refractivity (Wildman–Crippen MR) is 68.7 cm³/mol. The fourth-order valence-electron chi connectivity index (χ4n) is 1.61. The van der Waals surface area contributed by atoms with E-state index in [4.69, 9.17) is 10.5 Å². The molecule has 1 amide bonds. The summed E-state index contributed by atoms with van der Waals surface area (Å²) in [6, 6.07) is 0.193. The van der Waals surface area contributed by atoms with E-state index in [1.54, 1.807) is 0 Å². The van der Waals surface area contributed by atoms with Crippen molar-refractivity contribution >= 4 is 5.91 Å². The van der Waals surface area contributed by atoms with Gasteiger partial charge in [-0.25, -0.2) is 0 Å². The summed E-state index contributed by atoms with van der Waals surface area (Å²) in [6.07, 6.45) is 5.95. The highest BCUT2D eigenvalue weighted by Gasteiger charge is 2.20. The molecule has 4 nitrogen and oxygen atoms in total. The Labute approximate surface area is 104 Å². The summed E-state index contributed by atoms with van der Waals surface area (Å²) in [5, 5.41) is 2.90. The number of hydrogen-bond donors (Lipinski definition) is 2. The van der Waals surface area contributed by atoms with Gasteiger partial charge >= 0.3 is 0 Å². The minimum atomic E-state index is 0.132. The summed E-state index contributed by atoms with van der Waals surface area (Å²) in [7, 11) is 0. The molecule has 4 heteroatoms. The van der Waals surface area contributed by atoms with Crippen LogP contribution in [0.4, 0.5) is 0 Å². The third-order valence-corrected chi connectivity index (χ3v) is 2.90. The largest absolute Gasteiger partial charge is 0.381 e. The first-order chi connectivity index (χ1) is 8.18. The molecule has 0 bridgehead atoms. The van der Waals surface area contributed by atoms with Crippen molar-refractivity contribution in [2.24, 2.45) is 11.7 Å². The minimum Gasteiger partial charge on any atom is -0.381 e. The highest BCUT2D eigenvalue weighted by atomic mass is 16.5. The summed E-state index contributed by atoms with van der Waals surface area (Å²) in [4.78, 5) is 11.4. The lowest BCUT2D eigenvalue weighted by molar-refractivity contribution is -0.121. The van der Waals surface area contributed by atoms with Crippen LogP contribution in [0.15, 0.2) is 0 Å². The first-order valence-electron chi connectivity index (χ1n) is 6.78. The second kappa shape index (κ2) is 8.48. The van der Waals surface area contributed by atoms with Crippen LogP contribution < -0.4 is 11.1 Å². The molecule has 0 saturated heterocycles. The molecule has 1 saturated carbocycles. The fourth-order valence-corrected chi connectivity index (χ4v) is 1.61. The molecule has 1 aliphatic carbocycles. The van der Waals surface area contributed by atoms with Crippen LogP contribution in [-0.4, -0.2) is 31.7 Å². The minimum absolute atomic E-state index is 0.132. The molecule has 100 valence electrons. The molecule has 0 aromatic rings. The molecule has 3 N–H and O–H groups in total. The molecular formula is C13H26N2O2. The first-order valence-corrected chi connectivity index (χ1v) is 6.78. The molecule has 1 rings (SSSR count). The van der Waals surface area contributed by atoms with Gasteiger partial charge in [-0.3, -0.25) is 4.79 Å². The maximum Gasteiger partial charge on any atom is 0.219 e. The van der Waals surface area contributed by atoms with E-state index < -0.39 is 0 Å². The summed E-state index contributed by atoms with van der Waals surface area (Å²) >= 11 is 0. The van der Waals surface area contributed by atoms with Gasteiger partial charge in [-0.2, -0.15) is 0 Å². The van der Waals surface area contributed by atoms with Crippen LogP contribution >= 0.6 is 0 Å². The second-order valence-electron chi connectivity index (χ2n) is 5.09. The quantitative estimate of drug-likeness (QED) is 0.570. The summed E-state index contributed by atoms with van der Waals surface area (Å²) in [5.74, 6) is 0.954. The lowest BCUT2D eigenvalue weighted by atomic mass is 10.1. The van der Waals surface area contributed by atoms with E-state index in [9.17, 15) is 4.79 Å². The highest BCUT2D eigenvalue weighted by Crippen LogP contribution is 2.28. The van der Waals surface area contributed by atoms with Crippen molar-refractivity contribution in [2.75, 3.05) is 19.8 Å². The van der Waals surface area contributed by atoms with Gasteiger partial charge in [-0.15, -0.1) is 0 Å². The third-order valence-electron chi connectivity index (χ3n) is 2.90. The highest BCUT2D eigenvalue weighted by molar-refractivity contribution is 5.75. The zero-order valence-corrected chi connectivity index (χ0v) is 10.9. The van der Waals surface area contributed by atoms with E-state index in [0.29, 0.717) is 6.42 Å². The Morgan fingerprint density at radius 3 is 2.88 bits per heavy atom. The molecule has 0 aliphatic heterocycles. The molecule has 1 aliphatic rings. The molecule has 0 spiro atoms. The molecule has 1 fully saturated rings. The number of nitrogens with two attached hydrogens (primary N) is 1. The van der Waals surface area contributed by atoms with E-state index >= 15 is 0 Å². The Morgan fingerprint density at radius 2 is 2.24 bits per heavy atom. The van der Waals surface area contributed by atoms with Crippen molar-refractivity contribution in [3.8, 4) is 0 Å². The fraction of sp³-hybridized carbons (Fsp3) is 0.923. The molecule has 1 atom stereocenters. The Hall–Kier alpha value is -0.610. The first kappa shape index (κ1) is 14.5. The van der Waals surface area contributed by atoms with Gasteiger partial charge in [0.1, 0.15) is 0 Å². The zero-order valence-electron chi connectivity index (χ0n) is 10.9. The lowest BCUT2D eigenvalue weighted by Gasteiger charge is -2.07. The third kappa shape index (κ3) is 9.12. The maximum absolute atomic E-state index is 11.4. The monoisotopic (exact) mass is 242 g/mol. The van der Waals surface area contributed by atoms with Crippen molar-refractivity contribution in [3.63, 3.8) is 0 Å². The van der Waals surface area contributed by atoms with Crippen LogP contribution in [0.3, 0.4) is 0 Å². The van der Waals surface area contributed by atoms with Crippen LogP contribution in [0.25, 0.3) is 0 Å². The number of carbonyl (C=O) groups excluding carboxylic acids is 1. The van der Waals surface area contributed by atoms with Crippen molar-refractivity contribution in [2.45, 2.75) is 51.5 Å². The Bertz CT molecular complexity index is 215. The standard InChI is InChI=1S/C13H26N2O2/c1-11(14)4-2-5-13(16)15-8-3-9-17-10-12-6-7-12/h11-12H,2-10,14H2,1H3,(H,15,16). The van der Waals surface area contributed by atoms with Crippen LogP contribution in [0.1, 0.15) is 45.4 Å². The Morgan fingerprint density at radius 1 is 1.47 bits per heavy atom. The molecule has 0 aromatic heterocycles. The maximum atomic E-state index is 11.4. The van der Waals surface area contributed by atoms with Crippen LogP contribution in [0, 0.1) is 5.92 Å². The molecule has 0 heterocycles. The van der Waals surface area contributed by atoms with Crippen LogP contribution in [0.5, 0.6) is 0 Å². The summed E-state index contributed by atoms with van der Waals surface area (Å²) in [5.41, 5.74) is 5.61. The average Bonchev–Trinajstić information content (AvgIpc) is 3.06. The molecule has 17 heavy (non-hydrogen) atoms. The van der Waals surface area contributed by atoms with E-state index in [-0.39, 0.29) is 11.9 Å². The molecule has 0 aromatic carbocycles. The SMILES string of the molecule is CC(N)CCCC(=O)NCCCOCC1CC1. The van der Waals surface area contributed by atoms with Gasteiger partial charge in [0, 0.05) is 32.2 Å². The van der Waals surface area contributed by atoms with Gasteiger partial charge in [0.2, 0.25) is 5.91 Å². The second-order valence-corrected chi connectivity index (χ2v) is 5.09. The van der Waals surface area contributed by atoms with Crippen molar-refractivity contribution in [3.05, 3.63) is 0 Å². The Kier molecular flexibility index (Phi) is 7.21. The molecule has 1 unspecified atom stereocenters. The lowest BCUT2D eigenvalue weighted by Crippen LogP contribution is -2.25. The number of amides is 1. The van der Waals surface area contributed by atoms with Gasteiger partial charge in [0.25, 0.3) is 0 Å². The van der Waals surface area contributed by atoms with Gasteiger partial charge < -0.3 is 15.8 Å². The van der Waals surface area contributed by atoms with Crippen LogP contribution in [-0.2, 0) is 9.53 Å². The van der Waals surface area contributed by atoms with Gasteiger partial charge in [0.05, 0.1) is 0 Å². The van der Waals surface area contributed by atoms with E-state index in [1.807, 2.05) is 6.92 Å². The van der Waals surface area contributed by atoms with Crippen molar-refractivity contribution < 1.29 is 9.53 Å². The molecule has 0 radical (unpaired) electrons. The van der Waals surface area contributed by atoms with E-state index in [0.717, 1.165) is 44.9 Å². The summed E-state index contributed by atoms with van der Waals surface area (Å²) in [6.45, 7) is 4.36. The number of nitrogens with one attached hydrogen (secondary N) is 1. The van der Waals surface area contributed by atoms with Gasteiger partial charge in [-0.1, -0.05) is 0 Å². The van der Waals surface area contributed by atoms with Crippen molar-refractivity contribution in [1.29, 1.82) is 0 Å². The van der Waals surface area contributed by atoms with Gasteiger partial charge in [0.15, 0.2) is 0 Å². The van der Waals surface area contributed by atoms with Gasteiger partial charge in [-0.05, 0) is 44.9 Å². The molecular weight excluding hydrogens is 216 g/mol. The van der Waals surface area contributed by atoms with Crippen molar-refractivity contribution in [1.82, 2.24) is 5.32 Å². The number of rotatable bonds is 10. The van der Waals surface area contributed by atoms with Crippen LogP contribution in [0.2, 0.25) is 0 Å². The number of hydrogen-bond acceptors (Lipinski definition) is 3. The average molecular weight is 242 g/mol. The Balaban J connectivity index is 1.79. The smallest absolute Gasteiger partial charge is 0.219 e. The topological polar surface area (TPSA) is 64.4 Å². The number of carbonyl (C=O) groups is 1. The predicted octanol–water partition coefficient (Wildman–Crippen LogP) is 1.44. The zero-order chi connectivity index (χ0) is 12.5. The number of ether oxygens (including phenoxy) is 1. The normalized spacial score (nSPS) is 16.8.